The number of hydrogen-bond donors (Lipinski definition) is 1. The van der Waals surface area contributed by atoms with Gasteiger partial charge in [0.05, 0.1) is 17.3 Å². The number of thiophene rings is 1. The normalized spacial score (nSPS) is 12.3. The minimum atomic E-state index is 0.168. The molecule has 0 radical (unpaired) electrons. The quantitative estimate of drug-likeness (QED) is 0.790. The van der Waals surface area contributed by atoms with Gasteiger partial charge in [0, 0.05) is 6.04 Å². The smallest absolute Gasteiger partial charge is 0.147 e. The number of methoxy groups -OCH3 is 1. The summed E-state index contributed by atoms with van der Waals surface area (Å²) >= 11 is 1.65. The third kappa shape index (κ3) is 2.44. The van der Waals surface area contributed by atoms with Crippen LogP contribution in [0.2, 0.25) is 0 Å². The number of benzene rings is 1. The van der Waals surface area contributed by atoms with E-state index >= 15 is 0 Å². The lowest BCUT2D eigenvalue weighted by Crippen LogP contribution is -2.08. The molecule has 0 bridgehead atoms. The van der Waals surface area contributed by atoms with Crippen molar-refractivity contribution in [2.24, 2.45) is 0 Å². The molecule has 0 aliphatic carbocycles. The summed E-state index contributed by atoms with van der Waals surface area (Å²) < 4.78 is 6.27. The van der Waals surface area contributed by atoms with Gasteiger partial charge >= 0.3 is 0 Å². The molecular weight excluding hydrogens is 270 g/mol. The SMILES string of the molecule is COc1ccc(C(C)Nc2ncnc3ccsc23)cc1. The average molecular weight is 285 g/mol. The van der Waals surface area contributed by atoms with E-state index < -0.39 is 0 Å². The fraction of sp³-hybridized carbons (Fsp3) is 0.200. The molecule has 0 spiro atoms. The second-order valence-electron chi connectivity index (χ2n) is 4.50. The van der Waals surface area contributed by atoms with Crippen LogP contribution < -0.4 is 10.1 Å². The van der Waals surface area contributed by atoms with Crippen molar-refractivity contribution in [3.63, 3.8) is 0 Å². The van der Waals surface area contributed by atoms with Crippen LogP contribution in [0.3, 0.4) is 0 Å². The van der Waals surface area contributed by atoms with Gasteiger partial charge in [-0.2, -0.15) is 0 Å². The Hall–Kier alpha value is -2.14. The van der Waals surface area contributed by atoms with Crippen molar-refractivity contribution in [3.05, 3.63) is 47.6 Å². The Balaban J connectivity index is 1.84. The average Bonchev–Trinajstić information content (AvgIpc) is 2.97. The molecular formula is C15H15N3OS. The van der Waals surface area contributed by atoms with Gasteiger partial charge < -0.3 is 10.1 Å². The van der Waals surface area contributed by atoms with Crippen LogP contribution in [0.5, 0.6) is 5.75 Å². The van der Waals surface area contributed by atoms with E-state index in [0.29, 0.717) is 0 Å². The number of nitrogens with zero attached hydrogens (tertiary/aromatic N) is 2. The molecule has 102 valence electrons. The molecule has 0 amide bonds. The zero-order chi connectivity index (χ0) is 13.9. The van der Waals surface area contributed by atoms with Crippen molar-refractivity contribution >= 4 is 27.4 Å². The van der Waals surface area contributed by atoms with Gasteiger partial charge in [0.1, 0.15) is 17.9 Å². The van der Waals surface area contributed by atoms with E-state index in [0.717, 1.165) is 21.8 Å². The molecule has 4 nitrogen and oxygen atoms in total. The van der Waals surface area contributed by atoms with Gasteiger partial charge in [-0.25, -0.2) is 9.97 Å². The van der Waals surface area contributed by atoms with E-state index in [4.69, 9.17) is 4.74 Å². The molecule has 5 heteroatoms. The summed E-state index contributed by atoms with van der Waals surface area (Å²) in [4.78, 5) is 8.59. The van der Waals surface area contributed by atoms with Crippen LogP contribution >= 0.6 is 11.3 Å². The van der Waals surface area contributed by atoms with E-state index in [1.807, 2.05) is 23.6 Å². The molecule has 3 aromatic rings. The second kappa shape index (κ2) is 5.46. The maximum Gasteiger partial charge on any atom is 0.147 e. The zero-order valence-corrected chi connectivity index (χ0v) is 12.1. The monoisotopic (exact) mass is 285 g/mol. The Morgan fingerprint density at radius 2 is 1.95 bits per heavy atom. The molecule has 1 N–H and O–H groups in total. The molecule has 3 rings (SSSR count). The summed E-state index contributed by atoms with van der Waals surface area (Å²) in [5, 5.41) is 5.47. The molecule has 1 unspecified atom stereocenters. The summed E-state index contributed by atoms with van der Waals surface area (Å²) in [5.74, 6) is 1.75. The highest BCUT2D eigenvalue weighted by Gasteiger charge is 2.10. The Bertz CT molecular complexity index is 708. The Kier molecular flexibility index (Phi) is 3.52. The van der Waals surface area contributed by atoms with Gasteiger partial charge in [0.2, 0.25) is 0 Å². The highest BCUT2D eigenvalue weighted by atomic mass is 32.1. The van der Waals surface area contributed by atoms with Crippen LogP contribution in [0, 0.1) is 0 Å². The molecule has 1 atom stereocenters. The number of hydrogen-bond acceptors (Lipinski definition) is 5. The minimum Gasteiger partial charge on any atom is -0.497 e. The lowest BCUT2D eigenvalue weighted by atomic mass is 10.1. The molecule has 1 aromatic carbocycles. The minimum absolute atomic E-state index is 0.168. The molecule has 0 aliphatic rings. The van der Waals surface area contributed by atoms with Gasteiger partial charge in [0.25, 0.3) is 0 Å². The fourth-order valence-corrected chi connectivity index (χ4v) is 2.87. The molecule has 0 saturated carbocycles. The maximum atomic E-state index is 5.18. The zero-order valence-electron chi connectivity index (χ0n) is 11.3. The lowest BCUT2D eigenvalue weighted by molar-refractivity contribution is 0.414. The number of nitrogens with one attached hydrogen (secondary N) is 1. The Morgan fingerprint density at radius 3 is 2.70 bits per heavy atom. The number of rotatable bonds is 4. The molecule has 0 saturated heterocycles. The maximum absolute atomic E-state index is 5.18. The number of fused-ring (bicyclic) bond motifs is 1. The predicted molar refractivity (Wildman–Crippen MR) is 82.4 cm³/mol. The summed E-state index contributed by atoms with van der Waals surface area (Å²) in [6.45, 7) is 2.11. The van der Waals surface area contributed by atoms with E-state index in [1.165, 1.54) is 5.56 Å². The first-order valence-electron chi connectivity index (χ1n) is 6.36. The largest absolute Gasteiger partial charge is 0.497 e. The van der Waals surface area contributed by atoms with Crippen molar-refractivity contribution in [1.29, 1.82) is 0 Å². The third-order valence-electron chi connectivity index (χ3n) is 3.21. The van der Waals surface area contributed by atoms with Crippen LogP contribution in [0.25, 0.3) is 10.2 Å². The summed E-state index contributed by atoms with van der Waals surface area (Å²) in [6, 6.07) is 10.2. The number of ether oxygens (including phenoxy) is 1. The summed E-state index contributed by atoms with van der Waals surface area (Å²) in [7, 11) is 1.67. The van der Waals surface area contributed by atoms with E-state index in [-0.39, 0.29) is 6.04 Å². The second-order valence-corrected chi connectivity index (χ2v) is 5.41. The number of anilines is 1. The predicted octanol–water partition coefficient (Wildman–Crippen LogP) is 3.87. The van der Waals surface area contributed by atoms with Crippen LogP contribution in [0.15, 0.2) is 42.0 Å². The summed E-state index contributed by atoms with van der Waals surface area (Å²) in [6.07, 6.45) is 1.60. The topological polar surface area (TPSA) is 47.0 Å². The van der Waals surface area contributed by atoms with Crippen LogP contribution in [-0.2, 0) is 0 Å². The fourth-order valence-electron chi connectivity index (χ4n) is 2.07. The summed E-state index contributed by atoms with van der Waals surface area (Å²) in [5.41, 5.74) is 2.17. The van der Waals surface area contributed by atoms with Crippen LogP contribution in [0.4, 0.5) is 5.82 Å². The van der Waals surface area contributed by atoms with Crippen molar-refractivity contribution in [2.45, 2.75) is 13.0 Å². The van der Waals surface area contributed by atoms with Gasteiger partial charge in [-0.3, -0.25) is 0 Å². The first-order chi connectivity index (χ1) is 9.78. The standard InChI is InChI=1S/C15H15N3OS/c1-10(11-3-5-12(19-2)6-4-11)18-15-14-13(7-8-20-14)16-9-17-15/h3-10H,1-2H3,(H,16,17,18). The van der Waals surface area contributed by atoms with E-state index in [2.05, 4.69) is 34.3 Å². The van der Waals surface area contributed by atoms with Crippen molar-refractivity contribution in [2.75, 3.05) is 12.4 Å². The van der Waals surface area contributed by atoms with E-state index in [9.17, 15) is 0 Å². The number of aromatic nitrogens is 2. The molecule has 0 aliphatic heterocycles. The Labute approximate surface area is 121 Å². The van der Waals surface area contributed by atoms with Crippen LogP contribution in [-0.4, -0.2) is 17.1 Å². The highest BCUT2D eigenvalue weighted by molar-refractivity contribution is 7.17. The van der Waals surface area contributed by atoms with Crippen molar-refractivity contribution in [1.82, 2.24) is 9.97 Å². The van der Waals surface area contributed by atoms with Gasteiger partial charge in [-0.05, 0) is 36.1 Å². The Morgan fingerprint density at radius 1 is 1.15 bits per heavy atom. The van der Waals surface area contributed by atoms with Gasteiger partial charge in [-0.1, -0.05) is 12.1 Å². The molecule has 20 heavy (non-hydrogen) atoms. The first kappa shape index (κ1) is 12.9. The molecule has 2 aromatic heterocycles. The first-order valence-corrected chi connectivity index (χ1v) is 7.24. The van der Waals surface area contributed by atoms with Crippen molar-refractivity contribution in [3.8, 4) is 5.75 Å². The van der Waals surface area contributed by atoms with Gasteiger partial charge in [-0.15, -0.1) is 11.3 Å². The third-order valence-corrected chi connectivity index (χ3v) is 4.12. The van der Waals surface area contributed by atoms with Crippen molar-refractivity contribution < 1.29 is 4.74 Å². The van der Waals surface area contributed by atoms with Gasteiger partial charge in [0.15, 0.2) is 0 Å². The lowest BCUT2D eigenvalue weighted by Gasteiger charge is -2.15. The molecule has 0 fully saturated rings. The van der Waals surface area contributed by atoms with E-state index in [1.54, 1.807) is 24.8 Å². The van der Waals surface area contributed by atoms with Crippen LogP contribution in [0.1, 0.15) is 18.5 Å². The highest BCUT2D eigenvalue weighted by Crippen LogP contribution is 2.28. The molecule has 2 heterocycles.